The highest BCUT2D eigenvalue weighted by atomic mass is 33.2. The van der Waals surface area contributed by atoms with Crippen LogP contribution in [0.3, 0.4) is 0 Å². The number of nitrogens with two attached hydrogens (primary N) is 1. The van der Waals surface area contributed by atoms with Gasteiger partial charge in [-0.25, -0.2) is 0 Å². The maximum Gasteiger partial charge on any atom is 0.112 e. The Morgan fingerprint density at radius 2 is 2.17 bits per heavy atom. The summed E-state index contributed by atoms with van der Waals surface area (Å²) >= 11 is 11.2. The van der Waals surface area contributed by atoms with Crippen molar-refractivity contribution < 1.29 is 0 Å². The van der Waals surface area contributed by atoms with Gasteiger partial charge in [0.1, 0.15) is 4.59 Å². The molecular weight excluding hydrogens is 225 g/mol. The highest BCUT2D eigenvalue weighted by molar-refractivity contribution is 8.96. The topological polar surface area (TPSA) is 26.0 Å². The van der Waals surface area contributed by atoms with E-state index in [9.17, 15) is 0 Å². The predicted octanol–water partition coefficient (Wildman–Crippen LogP) is 3.02. The minimum atomic E-state index is -1.80. The lowest BCUT2D eigenvalue weighted by atomic mass is 10.0. The normalized spacial score (nSPS) is 44.7. The minimum absolute atomic E-state index is 0.747. The van der Waals surface area contributed by atoms with Crippen LogP contribution >= 0.6 is 28.2 Å². The molecule has 0 aromatic rings. The molecule has 0 amide bonds. The largest absolute Gasteiger partial charge is 0.287 e. The van der Waals surface area contributed by atoms with E-state index in [0.29, 0.717) is 0 Å². The van der Waals surface area contributed by atoms with Crippen molar-refractivity contribution in [3.05, 3.63) is 0 Å². The summed E-state index contributed by atoms with van der Waals surface area (Å²) in [6.07, 6.45) is 5.64. The first-order valence-corrected chi connectivity index (χ1v) is 9.85. The van der Waals surface area contributed by atoms with E-state index in [4.69, 9.17) is 17.3 Å². The van der Waals surface area contributed by atoms with E-state index < -0.39 is 4.59 Å². The van der Waals surface area contributed by atoms with Crippen LogP contribution in [0.4, 0.5) is 0 Å². The molecule has 0 spiro atoms. The van der Waals surface area contributed by atoms with Gasteiger partial charge in [0.25, 0.3) is 0 Å². The average Bonchev–Trinajstić information content (AvgIpc) is 2.42. The van der Waals surface area contributed by atoms with Crippen LogP contribution in [0, 0.1) is 11.8 Å². The molecule has 0 saturated heterocycles. The number of thiol groups is 1. The quantitative estimate of drug-likeness (QED) is 0.572. The Bertz CT molecular complexity index is 227. The molecule has 2 aliphatic carbocycles. The highest BCUT2D eigenvalue weighted by Crippen LogP contribution is 2.64. The number of hydrogen-bond donors (Lipinski definition) is 2. The van der Waals surface area contributed by atoms with Crippen LogP contribution < -0.4 is 5.50 Å². The van der Waals surface area contributed by atoms with Crippen LogP contribution in [0.1, 0.15) is 25.7 Å². The Balaban J connectivity index is 1.95. The van der Waals surface area contributed by atoms with Crippen molar-refractivity contribution in [1.29, 1.82) is 0 Å². The fraction of sp³-hybridized carbons (Fsp3) is 1.00. The third-order valence-corrected chi connectivity index (χ3v) is 7.45. The van der Waals surface area contributed by atoms with Gasteiger partial charge in [0.05, 0.1) is 0 Å². The molecule has 2 bridgehead atoms. The van der Waals surface area contributed by atoms with E-state index in [2.05, 4.69) is 12.2 Å². The maximum absolute atomic E-state index is 5.80. The lowest BCUT2D eigenvalue weighted by Gasteiger charge is -2.23. The predicted molar refractivity (Wildman–Crippen MR) is 64.3 cm³/mol. The molecule has 4 unspecified atom stereocenters. The third-order valence-electron chi connectivity index (χ3n) is 2.96. The van der Waals surface area contributed by atoms with Crippen molar-refractivity contribution in [1.82, 2.24) is 0 Å². The van der Waals surface area contributed by atoms with Crippen LogP contribution in [0.15, 0.2) is 0 Å². The summed E-state index contributed by atoms with van der Waals surface area (Å²) in [5, 5.41) is 0.747. The van der Waals surface area contributed by atoms with E-state index in [-0.39, 0.29) is 0 Å². The van der Waals surface area contributed by atoms with E-state index in [1.54, 1.807) is 11.4 Å². The van der Waals surface area contributed by atoms with Crippen molar-refractivity contribution in [2.24, 2.45) is 17.3 Å². The second kappa shape index (κ2) is 3.47. The van der Waals surface area contributed by atoms with Gasteiger partial charge < -0.3 is 0 Å². The summed E-state index contributed by atoms with van der Waals surface area (Å²) < 4.78 is -1.80. The van der Waals surface area contributed by atoms with Gasteiger partial charge >= 0.3 is 0 Å². The summed E-state index contributed by atoms with van der Waals surface area (Å²) in [4.78, 5) is 0. The molecule has 2 fully saturated rings. The Morgan fingerprint density at radius 3 is 2.58 bits per heavy atom. The zero-order chi connectivity index (χ0) is 8.77. The second-order valence-electron chi connectivity index (χ2n) is 3.88. The molecule has 4 atom stereocenters. The molecule has 0 aromatic heterocycles. The van der Waals surface area contributed by atoms with Crippen molar-refractivity contribution in [3.8, 4) is 0 Å². The smallest absolute Gasteiger partial charge is 0.112 e. The maximum atomic E-state index is 5.80. The molecule has 0 radical (unpaired) electrons. The van der Waals surface area contributed by atoms with Gasteiger partial charge in [-0.3, -0.25) is 5.50 Å². The fourth-order valence-corrected chi connectivity index (χ4v) is 7.70. The molecule has 1 nitrogen and oxygen atoms in total. The first kappa shape index (κ1) is 9.85. The van der Waals surface area contributed by atoms with Crippen molar-refractivity contribution in [2.75, 3.05) is 0 Å². The Morgan fingerprint density at radius 1 is 1.42 bits per heavy atom. The third kappa shape index (κ3) is 2.21. The van der Waals surface area contributed by atoms with E-state index in [1.807, 2.05) is 0 Å². The molecule has 2 saturated carbocycles. The van der Waals surface area contributed by atoms with Gasteiger partial charge in [0.2, 0.25) is 0 Å². The number of hydrogen-bond acceptors (Lipinski definition) is 2. The highest BCUT2D eigenvalue weighted by Gasteiger charge is 2.40. The monoisotopic (exact) mass is 239 g/mol. The molecule has 2 N–H and O–H groups in total. The molecule has 5 heteroatoms. The minimum Gasteiger partial charge on any atom is -0.287 e. The average molecular weight is 239 g/mol. The molecule has 2 rings (SSSR count). The van der Waals surface area contributed by atoms with Gasteiger partial charge in [-0.05, 0) is 31.1 Å². The summed E-state index contributed by atoms with van der Waals surface area (Å²) in [6.45, 7) is 0. The standard InChI is InChI=1S/C7H14NPS3/c8-9(10,11)12-7-4-5-1-2-6(7)3-5/h5-7H,1-4H2,(H3,8,10,11). The molecule has 0 heterocycles. The van der Waals surface area contributed by atoms with E-state index >= 15 is 0 Å². The molecule has 12 heavy (non-hydrogen) atoms. The van der Waals surface area contributed by atoms with Gasteiger partial charge in [-0.2, -0.15) is 0 Å². The van der Waals surface area contributed by atoms with Crippen molar-refractivity contribution >= 4 is 40.0 Å². The van der Waals surface area contributed by atoms with E-state index in [0.717, 1.165) is 17.1 Å². The molecule has 0 aliphatic heterocycles. The molecular formula is C7H14NPS3. The van der Waals surface area contributed by atoms with Gasteiger partial charge in [-0.15, -0.1) is 12.2 Å². The van der Waals surface area contributed by atoms with Crippen molar-refractivity contribution in [2.45, 2.75) is 30.9 Å². The lowest BCUT2D eigenvalue weighted by Crippen LogP contribution is -2.12. The summed E-state index contributed by atoms with van der Waals surface area (Å²) in [6, 6.07) is 0. The van der Waals surface area contributed by atoms with Crippen LogP contribution in [-0.2, 0) is 11.8 Å². The van der Waals surface area contributed by atoms with Gasteiger partial charge in [0, 0.05) is 5.25 Å². The Hall–Kier alpha value is 1.31. The number of fused-ring (bicyclic) bond motifs is 2. The number of rotatable bonds is 2. The van der Waals surface area contributed by atoms with Crippen LogP contribution in [0.2, 0.25) is 0 Å². The zero-order valence-electron chi connectivity index (χ0n) is 6.85. The zero-order valence-corrected chi connectivity index (χ0v) is 10.3. The Kier molecular flexibility index (Phi) is 2.85. The second-order valence-corrected chi connectivity index (χ2v) is 14.1. The summed E-state index contributed by atoms with van der Waals surface area (Å²) in [5.41, 5.74) is 5.80. The molecule has 70 valence electrons. The van der Waals surface area contributed by atoms with Gasteiger partial charge in [-0.1, -0.05) is 29.6 Å². The summed E-state index contributed by atoms with van der Waals surface area (Å²) in [7, 11) is 0. The molecule has 2 aliphatic rings. The van der Waals surface area contributed by atoms with E-state index in [1.165, 1.54) is 25.7 Å². The first-order valence-electron chi connectivity index (χ1n) is 4.34. The van der Waals surface area contributed by atoms with Crippen molar-refractivity contribution in [3.63, 3.8) is 0 Å². The Labute approximate surface area is 88.2 Å². The van der Waals surface area contributed by atoms with Crippen LogP contribution in [0.5, 0.6) is 0 Å². The molecule has 0 aromatic carbocycles. The fourth-order valence-electron chi connectivity index (χ4n) is 2.51. The SMILES string of the molecule is NP(=S)(S)SC1CC2CCC1C2. The van der Waals surface area contributed by atoms with Gasteiger partial charge in [0.15, 0.2) is 0 Å². The van der Waals surface area contributed by atoms with Crippen LogP contribution in [0.25, 0.3) is 0 Å². The van der Waals surface area contributed by atoms with Crippen LogP contribution in [-0.4, -0.2) is 5.25 Å². The first-order chi connectivity index (χ1) is 5.54. The lowest BCUT2D eigenvalue weighted by molar-refractivity contribution is 0.493. The summed E-state index contributed by atoms with van der Waals surface area (Å²) in [5.74, 6) is 1.90.